The molecule has 8 heteroatoms. The van der Waals surface area contributed by atoms with E-state index in [9.17, 15) is 19.2 Å². The summed E-state index contributed by atoms with van der Waals surface area (Å²) in [6, 6.07) is 14.9. The van der Waals surface area contributed by atoms with Gasteiger partial charge in [-0.1, -0.05) is 23.9 Å². The predicted octanol–water partition coefficient (Wildman–Crippen LogP) is 3.93. The molecule has 154 valence electrons. The molecular formula is C22H20FN3O3S. The Kier molecular flexibility index (Phi) is 7.09. The lowest BCUT2D eigenvalue weighted by molar-refractivity contribution is -0.121. The Labute approximate surface area is 178 Å². The van der Waals surface area contributed by atoms with Crippen LogP contribution < -0.4 is 15.4 Å². The van der Waals surface area contributed by atoms with Crippen LogP contribution in [0.15, 0.2) is 59.1 Å². The maximum atomic E-state index is 13.2. The van der Waals surface area contributed by atoms with Crippen molar-refractivity contribution in [1.29, 1.82) is 5.26 Å². The van der Waals surface area contributed by atoms with E-state index in [1.807, 2.05) is 6.92 Å². The number of nitriles is 1. The molecule has 1 aliphatic heterocycles. The number of benzene rings is 2. The minimum atomic E-state index is -0.471. The van der Waals surface area contributed by atoms with Crippen molar-refractivity contribution in [3.05, 3.63) is 70.5 Å². The number of hydrogen-bond donors (Lipinski definition) is 2. The van der Waals surface area contributed by atoms with Gasteiger partial charge in [-0.25, -0.2) is 4.39 Å². The number of halogens is 1. The number of allylic oxidation sites excluding steroid dienone is 1. The molecule has 0 bridgehead atoms. The van der Waals surface area contributed by atoms with E-state index in [0.29, 0.717) is 34.2 Å². The van der Waals surface area contributed by atoms with Gasteiger partial charge in [-0.05, 0) is 48.9 Å². The molecule has 0 aromatic heterocycles. The summed E-state index contributed by atoms with van der Waals surface area (Å²) in [4.78, 5) is 24.5. The molecule has 6 nitrogen and oxygen atoms in total. The van der Waals surface area contributed by atoms with Gasteiger partial charge in [0.15, 0.2) is 0 Å². The third-order valence-electron chi connectivity index (χ3n) is 4.43. The van der Waals surface area contributed by atoms with Crippen molar-refractivity contribution >= 4 is 29.3 Å². The molecule has 0 radical (unpaired) electrons. The zero-order chi connectivity index (χ0) is 21.5. The molecule has 2 amide bonds. The third-order valence-corrected chi connectivity index (χ3v) is 5.44. The molecule has 2 N–H and O–H groups in total. The highest BCUT2D eigenvalue weighted by molar-refractivity contribution is 8.03. The monoisotopic (exact) mass is 425 g/mol. The van der Waals surface area contributed by atoms with Crippen LogP contribution in [0.1, 0.15) is 24.8 Å². The molecule has 1 unspecified atom stereocenters. The van der Waals surface area contributed by atoms with Crippen molar-refractivity contribution in [3.63, 3.8) is 0 Å². The van der Waals surface area contributed by atoms with Gasteiger partial charge in [0.25, 0.3) is 0 Å². The van der Waals surface area contributed by atoms with Crippen LogP contribution in [-0.4, -0.2) is 24.2 Å². The molecule has 0 saturated carbocycles. The second-order valence-corrected chi connectivity index (χ2v) is 7.49. The normalized spacial score (nSPS) is 15.9. The van der Waals surface area contributed by atoms with Crippen LogP contribution in [0.4, 0.5) is 10.1 Å². The van der Waals surface area contributed by atoms with Crippen molar-refractivity contribution in [2.75, 3.05) is 17.7 Å². The summed E-state index contributed by atoms with van der Waals surface area (Å²) in [5.41, 5.74) is 1.66. The summed E-state index contributed by atoms with van der Waals surface area (Å²) in [5.74, 6) is -0.650. The largest absolute Gasteiger partial charge is 0.494 e. The standard InChI is InChI=1S/C22H20FN3O3S/c1-2-29-17-9-7-16(8-10-17)25-21(28)13-30-22-19(12-24)18(11-20(27)26-22)14-3-5-15(23)6-4-14/h3-10,18H,2,11,13H2,1H3,(H,25,28)(H,26,27). The van der Waals surface area contributed by atoms with Crippen LogP contribution in [0.3, 0.4) is 0 Å². The third kappa shape index (κ3) is 5.39. The number of anilines is 1. The van der Waals surface area contributed by atoms with Crippen LogP contribution in [0.2, 0.25) is 0 Å². The fraction of sp³-hybridized carbons (Fsp3) is 0.227. The Morgan fingerprint density at radius 3 is 2.60 bits per heavy atom. The second kappa shape index (κ2) is 9.94. The van der Waals surface area contributed by atoms with Gasteiger partial charge in [0, 0.05) is 18.0 Å². The minimum Gasteiger partial charge on any atom is -0.494 e. The number of carbonyl (C=O) groups is 2. The SMILES string of the molecule is CCOc1ccc(NC(=O)CSC2=C(C#N)C(c3ccc(F)cc3)CC(=O)N2)cc1. The molecule has 3 rings (SSSR count). The van der Waals surface area contributed by atoms with Crippen LogP contribution in [0.25, 0.3) is 0 Å². The molecule has 1 atom stereocenters. The molecule has 0 fully saturated rings. The lowest BCUT2D eigenvalue weighted by Gasteiger charge is -2.25. The van der Waals surface area contributed by atoms with Crippen molar-refractivity contribution in [3.8, 4) is 11.8 Å². The van der Waals surface area contributed by atoms with Gasteiger partial charge in [-0.15, -0.1) is 0 Å². The number of hydrogen-bond acceptors (Lipinski definition) is 5. The molecule has 1 heterocycles. The van der Waals surface area contributed by atoms with E-state index >= 15 is 0 Å². The lowest BCUT2D eigenvalue weighted by Crippen LogP contribution is -2.31. The predicted molar refractivity (Wildman–Crippen MR) is 113 cm³/mol. The Hall–Kier alpha value is -3.31. The zero-order valence-corrected chi connectivity index (χ0v) is 17.1. The molecular weight excluding hydrogens is 405 g/mol. The van der Waals surface area contributed by atoms with E-state index in [1.54, 1.807) is 36.4 Å². The van der Waals surface area contributed by atoms with Crippen molar-refractivity contribution in [2.24, 2.45) is 0 Å². The van der Waals surface area contributed by atoms with Crippen LogP contribution in [0, 0.1) is 17.1 Å². The highest BCUT2D eigenvalue weighted by Crippen LogP contribution is 2.36. The first-order valence-corrected chi connectivity index (χ1v) is 10.3. The molecule has 2 aromatic rings. The summed E-state index contributed by atoms with van der Waals surface area (Å²) >= 11 is 1.09. The number of thioether (sulfide) groups is 1. The van der Waals surface area contributed by atoms with E-state index < -0.39 is 5.92 Å². The summed E-state index contributed by atoms with van der Waals surface area (Å²) in [6.07, 6.45) is 0.0942. The quantitative estimate of drug-likeness (QED) is 0.701. The molecule has 0 spiro atoms. The van der Waals surface area contributed by atoms with E-state index in [2.05, 4.69) is 16.7 Å². The first-order valence-electron chi connectivity index (χ1n) is 9.35. The zero-order valence-electron chi connectivity index (χ0n) is 16.3. The molecule has 1 aliphatic rings. The molecule has 30 heavy (non-hydrogen) atoms. The number of rotatable bonds is 7. The first-order chi connectivity index (χ1) is 14.5. The summed E-state index contributed by atoms with van der Waals surface area (Å²) in [7, 11) is 0. The smallest absolute Gasteiger partial charge is 0.234 e. The van der Waals surface area contributed by atoms with Gasteiger partial charge in [-0.3, -0.25) is 9.59 Å². The summed E-state index contributed by atoms with van der Waals surface area (Å²) in [5, 5.41) is 15.4. The van der Waals surface area contributed by atoms with E-state index in [4.69, 9.17) is 4.74 Å². The second-order valence-electron chi connectivity index (χ2n) is 6.51. The Balaban J connectivity index is 1.68. The number of carbonyl (C=O) groups excluding carboxylic acids is 2. The average molecular weight is 425 g/mol. The van der Waals surface area contributed by atoms with Gasteiger partial charge >= 0.3 is 0 Å². The minimum absolute atomic E-state index is 0.0180. The van der Waals surface area contributed by atoms with Gasteiger partial charge in [0.05, 0.1) is 29.0 Å². The Morgan fingerprint density at radius 2 is 1.97 bits per heavy atom. The number of amides is 2. The molecule has 0 saturated heterocycles. The van der Waals surface area contributed by atoms with Gasteiger partial charge in [-0.2, -0.15) is 5.26 Å². The van der Waals surface area contributed by atoms with E-state index in [1.165, 1.54) is 12.1 Å². The van der Waals surface area contributed by atoms with Crippen molar-refractivity contribution in [1.82, 2.24) is 5.32 Å². The van der Waals surface area contributed by atoms with Crippen LogP contribution in [0.5, 0.6) is 5.75 Å². The number of nitrogens with one attached hydrogen (secondary N) is 2. The van der Waals surface area contributed by atoms with Gasteiger partial charge in [0.1, 0.15) is 11.6 Å². The van der Waals surface area contributed by atoms with Crippen molar-refractivity contribution in [2.45, 2.75) is 19.3 Å². The first kappa shape index (κ1) is 21.4. The van der Waals surface area contributed by atoms with Crippen LogP contribution >= 0.6 is 11.8 Å². The Morgan fingerprint density at radius 1 is 1.27 bits per heavy atom. The molecule has 0 aliphatic carbocycles. The maximum absolute atomic E-state index is 13.2. The topological polar surface area (TPSA) is 91.2 Å². The highest BCUT2D eigenvalue weighted by Gasteiger charge is 2.29. The fourth-order valence-electron chi connectivity index (χ4n) is 3.05. The van der Waals surface area contributed by atoms with Gasteiger partial charge < -0.3 is 15.4 Å². The van der Waals surface area contributed by atoms with Crippen molar-refractivity contribution < 1.29 is 18.7 Å². The van der Waals surface area contributed by atoms with E-state index in [0.717, 1.165) is 11.8 Å². The van der Waals surface area contributed by atoms with Gasteiger partial charge in [0.2, 0.25) is 11.8 Å². The highest BCUT2D eigenvalue weighted by atomic mass is 32.2. The van der Waals surface area contributed by atoms with Crippen LogP contribution in [-0.2, 0) is 9.59 Å². The number of ether oxygens (including phenoxy) is 1. The maximum Gasteiger partial charge on any atom is 0.234 e. The van der Waals surface area contributed by atoms with E-state index in [-0.39, 0.29) is 29.8 Å². The summed E-state index contributed by atoms with van der Waals surface area (Å²) < 4.78 is 18.6. The fourth-order valence-corrected chi connectivity index (χ4v) is 3.93. The molecule has 2 aromatic carbocycles. The average Bonchev–Trinajstić information content (AvgIpc) is 2.74. The number of nitrogens with zero attached hydrogens (tertiary/aromatic N) is 1. The Bertz CT molecular complexity index is 998. The lowest BCUT2D eigenvalue weighted by atomic mass is 9.87. The summed E-state index contributed by atoms with van der Waals surface area (Å²) in [6.45, 7) is 2.45.